The van der Waals surface area contributed by atoms with Crippen molar-refractivity contribution in [2.75, 3.05) is 10.8 Å². The van der Waals surface area contributed by atoms with Crippen molar-refractivity contribution in [3.63, 3.8) is 0 Å². The molecule has 1 aliphatic rings. The number of halogens is 3. The van der Waals surface area contributed by atoms with Crippen molar-refractivity contribution in [2.45, 2.75) is 69.0 Å². The number of hydrogen-bond acceptors (Lipinski definition) is 4. The number of hydrogen-bond donors (Lipinski definition) is 1. The first kappa shape index (κ1) is 35.4. The van der Waals surface area contributed by atoms with Gasteiger partial charge in [-0.2, -0.15) is 0 Å². The molecule has 0 radical (unpaired) electrons. The van der Waals surface area contributed by atoms with Crippen molar-refractivity contribution in [1.29, 1.82) is 0 Å². The van der Waals surface area contributed by atoms with Crippen molar-refractivity contribution in [1.82, 2.24) is 10.2 Å². The Morgan fingerprint density at radius 1 is 0.896 bits per heavy atom. The highest BCUT2D eigenvalue weighted by atomic mass is 35.5. The number of sulfonamides is 1. The monoisotopic (exact) mass is 709 g/mol. The number of carbonyl (C=O) groups is 2. The van der Waals surface area contributed by atoms with Gasteiger partial charge < -0.3 is 10.2 Å². The van der Waals surface area contributed by atoms with E-state index in [1.807, 2.05) is 37.3 Å². The molecule has 0 heterocycles. The molecule has 7 nitrogen and oxygen atoms in total. The van der Waals surface area contributed by atoms with Gasteiger partial charge >= 0.3 is 0 Å². The van der Waals surface area contributed by atoms with Crippen molar-refractivity contribution in [3.05, 3.63) is 130 Å². The molecule has 1 N–H and O–H groups in total. The molecule has 1 fully saturated rings. The summed E-state index contributed by atoms with van der Waals surface area (Å²) in [5, 5.41) is 3.41. The van der Waals surface area contributed by atoms with E-state index in [9.17, 15) is 18.0 Å². The normalized spacial score (nSPS) is 14.2. The third kappa shape index (κ3) is 8.75. The molecule has 0 aliphatic heterocycles. The van der Waals surface area contributed by atoms with Crippen LogP contribution < -0.4 is 9.62 Å². The average molecular weight is 711 g/mol. The predicted molar refractivity (Wildman–Crippen MR) is 188 cm³/mol. The molecule has 2 amide bonds. The summed E-state index contributed by atoms with van der Waals surface area (Å²) in [6.45, 7) is 0.826. The number of carbonyl (C=O) groups excluding carboxylic acids is 2. The summed E-state index contributed by atoms with van der Waals surface area (Å²) in [5.74, 6) is -1.66. The van der Waals surface area contributed by atoms with Crippen LogP contribution in [-0.4, -0.2) is 43.8 Å². The molecule has 0 saturated heterocycles. The van der Waals surface area contributed by atoms with Gasteiger partial charge in [0, 0.05) is 29.6 Å². The fourth-order valence-electron chi connectivity index (χ4n) is 5.94. The second kappa shape index (κ2) is 16.0. The van der Waals surface area contributed by atoms with Crippen LogP contribution in [0.5, 0.6) is 0 Å². The number of anilines is 1. The number of nitrogens with one attached hydrogen (secondary N) is 1. The van der Waals surface area contributed by atoms with E-state index >= 15 is 4.39 Å². The second-order valence-electron chi connectivity index (χ2n) is 12.1. The summed E-state index contributed by atoms with van der Waals surface area (Å²) in [5.41, 5.74) is 1.81. The van der Waals surface area contributed by atoms with Crippen molar-refractivity contribution in [3.8, 4) is 0 Å². The molecular formula is C37H38Cl2FN3O4S. The van der Waals surface area contributed by atoms with E-state index in [1.165, 1.54) is 41.3 Å². The zero-order valence-electron chi connectivity index (χ0n) is 26.6. The molecule has 4 aromatic rings. The van der Waals surface area contributed by atoms with Gasteiger partial charge in [0.25, 0.3) is 10.0 Å². The lowest BCUT2D eigenvalue weighted by molar-refractivity contribution is -0.140. The van der Waals surface area contributed by atoms with Crippen molar-refractivity contribution in [2.24, 2.45) is 0 Å². The maximum atomic E-state index is 15.2. The first-order valence-electron chi connectivity index (χ1n) is 15.9. The molecule has 0 bridgehead atoms. The molecule has 0 aromatic heterocycles. The summed E-state index contributed by atoms with van der Waals surface area (Å²) in [6, 6.07) is 24.7. The number of amides is 2. The third-order valence-corrected chi connectivity index (χ3v) is 10.9. The number of rotatable bonds is 12. The summed E-state index contributed by atoms with van der Waals surface area (Å²) in [6.07, 6.45) is 4.83. The molecule has 1 aliphatic carbocycles. The van der Waals surface area contributed by atoms with Gasteiger partial charge in [0.2, 0.25) is 11.8 Å². The summed E-state index contributed by atoms with van der Waals surface area (Å²) in [4.78, 5) is 30.0. The Kier molecular flexibility index (Phi) is 11.8. The molecule has 48 heavy (non-hydrogen) atoms. The standard InChI is InChI=1S/C37H38Cl2FN3O4S/c1-26-16-19-31(20-17-26)48(46,47)43(34-23-29(38)18-21-32(34)39)25-36(44)42(24-28-12-8-9-15-33(28)40)35(22-27-10-4-2-5-11-27)37(45)41-30-13-6-3-7-14-30/h2,4-5,8-12,15-21,23,30,35H,3,6-7,13-14,22,24-25H2,1H3,(H,41,45)/t35-/m0/s1. The van der Waals surface area contributed by atoms with Crippen molar-refractivity contribution < 1.29 is 22.4 Å². The van der Waals surface area contributed by atoms with Gasteiger partial charge in [-0.1, -0.05) is 109 Å². The van der Waals surface area contributed by atoms with E-state index in [4.69, 9.17) is 23.2 Å². The highest BCUT2D eigenvalue weighted by Crippen LogP contribution is 2.33. The third-order valence-electron chi connectivity index (χ3n) is 8.59. The molecular weight excluding hydrogens is 672 g/mol. The van der Waals surface area contributed by atoms with E-state index in [0.29, 0.717) is 0 Å². The minimum absolute atomic E-state index is 0.00444. The molecule has 4 aromatic carbocycles. The highest BCUT2D eigenvalue weighted by molar-refractivity contribution is 7.92. The largest absolute Gasteiger partial charge is 0.352 e. The zero-order valence-corrected chi connectivity index (χ0v) is 28.9. The van der Waals surface area contributed by atoms with Crippen LogP contribution in [0.3, 0.4) is 0 Å². The summed E-state index contributed by atoms with van der Waals surface area (Å²) < 4.78 is 44.6. The van der Waals surface area contributed by atoms with Gasteiger partial charge in [-0.25, -0.2) is 12.8 Å². The minimum Gasteiger partial charge on any atom is -0.352 e. The maximum absolute atomic E-state index is 15.2. The smallest absolute Gasteiger partial charge is 0.264 e. The summed E-state index contributed by atoms with van der Waals surface area (Å²) >= 11 is 12.9. The molecule has 252 valence electrons. The lowest BCUT2D eigenvalue weighted by Gasteiger charge is -2.35. The van der Waals surface area contributed by atoms with Gasteiger partial charge in [0.15, 0.2) is 0 Å². The summed E-state index contributed by atoms with van der Waals surface area (Å²) in [7, 11) is -4.38. The Morgan fingerprint density at radius 2 is 1.56 bits per heavy atom. The van der Waals surface area contributed by atoms with E-state index in [1.54, 1.807) is 30.3 Å². The minimum atomic E-state index is -4.38. The van der Waals surface area contributed by atoms with Crippen LogP contribution in [0.4, 0.5) is 10.1 Å². The Hall–Kier alpha value is -3.92. The Balaban J connectivity index is 1.59. The van der Waals surface area contributed by atoms with E-state index in [2.05, 4.69) is 5.32 Å². The van der Waals surface area contributed by atoms with Crippen LogP contribution in [0, 0.1) is 12.7 Å². The zero-order chi connectivity index (χ0) is 34.3. The van der Waals surface area contributed by atoms with Crippen LogP contribution in [-0.2, 0) is 32.6 Å². The lowest BCUT2D eigenvalue weighted by atomic mass is 9.94. The van der Waals surface area contributed by atoms with E-state index in [-0.39, 0.29) is 51.1 Å². The lowest BCUT2D eigenvalue weighted by Crippen LogP contribution is -2.55. The first-order valence-corrected chi connectivity index (χ1v) is 18.1. The van der Waals surface area contributed by atoms with Crippen LogP contribution in [0.2, 0.25) is 10.0 Å². The van der Waals surface area contributed by atoms with E-state index in [0.717, 1.165) is 47.5 Å². The highest BCUT2D eigenvalue weighted by Gasteiger charge is 2.36. The SMILES string of the molecule is Cc1ccc(S(=O)(=O)N(CC(=O)N(Cc2ccccc2F)[C@@H](Cc2ccccc2)C(=O)NC2CCCCC2)c2cc(Cl)ccc2Cl)cc1. The number of aryl methyl sites for hydroxylation is 1. The van der Waals surface area contributed by atoms with Gasteiger partial charge in [0.05, 0.1) is 15.6 Å². The molecule has 1 atom stereocenters. The number of nitrogens with zero attached hydrogens (tertiary/aromatic N) is 2. The molecule has 0 unspecified atom stereocenters. The van der Waals surface area contributed by atoms with Crippen molar-refractivity contribution >= 4 is 50.7 Å². The topological polar surface area (TPSA) is 86.8 Å². The molecule has 11 heteroatoms. The van der Waals surface area contributed by atoms with Crippen LogP contribution in [0.25, 0.3) is 0 Å². The Bertz CT molecular complexity index is 1840. The van der Waals surface area contributed by atoms with Crippen LogP contribution >= 0.6 is 23.2 Å². The quantitative estimate of drug-likeness (QED) is 0.163. The Morgan fingerprint density at radius 3 is 2.25 bits per heavy atom. The van der Waals surface area contributed by atoms with Gasteiger partial charge in [-0.15, -0.1) is 0 Å². The molecule has 1 saturated carbocycles. The first-order chi connectivity index (χ1) is 23.0. The second-order valence-corrected chi connectivity index (χ2v) is 14.8. The van der Waals surface area contributed by atoms with Gasteiger partial charge in [-0.3, -0.25) is 13.9 Å². The van der Waals surface area contributed by atoms with Crippen LogP contribution in [0.15, 0.2) is 102 Å². The average Bonchev–Trinajstić information content (AvgIpc) is 3.08. The number of benzene rings is 4. The van der Waals surface area contributed by atoms with Crippen LogP contribution in [0.1, 0.15) is 48.8 Å². The molecule has 5 rings (SSSR count). The molecule has 0 spiro atoms. The predicted octanol–water partition coefficient (Wildman–Crippen LogP) is 7.73. The van der Waals surface area contributed by atoms with E-state index < -0.39 is 34.3 Å². The Labute approximate surface area is 291 Å². The fourth-order valence-corrected chi connectivity index (χ4v) is 7.80. The maximum Gasteiger partial charge on any atom is 0.264 e. The fraction of sp³-hybridized carbons (Fsp3) is 0.297. The van der Waals surface area contributed by atoms with Gasteiger partial charge in [0.1, 0.15) is 18.4 Å². The van der Waals surface area contributed by atoms with Gasteiger partial charge in [-0.05, 0) is 61.7 Å².